The molecule has 0 aliphatic carbocycles. The number of oxime groups is 1. The number of ether oxygens (including phenoxy) is 1. The number of hydrogen-bond acceptors (Lipinski definition) is 5. The third-order valence-corrected chi connectivity index (χ3v) is 3.01. The number of nitriles is 2. The Morgan fingerprint density at radius 2 is 2.11 bits per heavy atom. The lowest BCUT2D eigenvalue weighted by molar-refractivity contribution is -0.572. The average molecular weight is 262 g/mol. The van der Waals surface area contributed by atoms with E-state index in [1.165, 1.54) is 12.8 Å². The fraction of sp³-hybridized carbons (Fsp3) is 0.667. The summed E-state index contributed by atoms with van der Waals surface area (Å²) in [4.78, 5) is 7.34. The molecule has 2 fully saturated rings. The van der Waals surface area contributed by atoms with Crippen LogP contribution in [0.4, 0.5) is 0 Å². The smallest absolute Gasteiger partial charge is 0.264 e. The molecule has 0 saturated carbocycles. The van der Waals surface area contributed by atoms with E-state index in [1.54, 1.807) is 12.1 Å². The highest BCUT2D eigenvalue weighted by Crippen LogP contribution is 2.07. The standard InChI is InChI=1S/C12H16N5O2/c13-7-11(8-14)15-19-12-9-17(5-6-18-12)10-16-3-1-2-4-16/h10,12H,1-6,9H2/q+1. The number of rotatable bonds is 3. The molecule has 19 heavy (non-hydrogen) atoms. The van der Waals surface area contributed by atoms with Gasteiger partial charge in [0.15, 0.2) is 0 Å². The summed E-state index contributed by atoms with van der Waals surface area (Å²) >= 11 is 0. The minimum Gasteiger partial charge on any atom is -0.357 e. The quantitative estimate of drug-likeness (QED) is 0.307. The zero-order valence-corrected chi connectivity index (χ0v) is 10.7. The molecule has 0 amide bonds. The van der Waals surface area contributed by atoms with Crippen molar-refractivity contribution in [2.75, 3.05) is 32.8 Å². The zero-order chi connectivity index (χ0) is 13.5. The molecule has 1 atom stereocenters. The van der Waals surface area contributed by atoms with Gasteiger partial charge in [0, 0.05) is 0 Å². The molecule has 2 heterocycles. The number of nitrogens with zero attached hydrogens (tertiary/aromatic N) is 5. The van der Waals surface area contributed by atoms with Gasteiger partial charge in [-0.15, -0.1) is 0 Å². The Morgan fingerprint density at radius 3 is 2.79 bits per heavy atom. The predicted octanol–water partition coefficient (Wildman–Crippen LogP) is -0.101. The van der Waals surface area contributed by atoms with Gasteiger partial charge in [-0.1, -0.05) is 5.16 Å². The highest BCUT2D eigenvalue weighted by Gasteiger charge is 2.23. The predicted molar refractivity (Wildman–Crippen MR) is 66.4 cm³/mol. The first kappa shape index (κ1) is 13.3. The Bertz CT molecular complexity index is 438. The van der Waals surface area contributed by atoms with Crippen molar-refractivity contribution in [3.8, 4) is 12.1 Å². The largest absolute Gasteiger partial charge is 0.357 e. The lowest BCUT2D eigenvalue weighted by atomic mass is 10.4. The third kappa shape index (κ3) is 3.94. The summed E-state index contributed by atoms with van der Waals surface area (Å²) in [6.07, 6.45) is 4.03. The van der Waals surface area contributed by atoms with Crippen LogP contribution in [-0.4, -0.2) is 60.6 Å². The summed E-state index contributed by atoms with van der Waals surface area (Å²) in [5, 5.41) is 20.6. The average Bonchev–Trinajstić information content (AvgIpc) is 2.93. The number of hydrogen-bond donors (Lipinski definition) is 0. The van der Waals surface area contributed by atoms with Gasteiger partial charge in [0.1, 0.15) is 25.2 Å². The maximum absolute atomic E-state index is 8.55. The van der Waals surface area contributed by atoms with Crippen LogP contribution in [0.3, 0.4) is 0 Å². The summed E-state index contributed by atoms with van der Waals surface area (Å²) in [6.45, 7) is 4.08. The monoisotopic (exact) mass is 262 g/mol. The highest BCUT2D eigenvalue weighted by molar-refractivity contribution is 6.09. The molecule has 1 unspecified atom stereocenters. The molecule has 0 aromatic rings. The Hall–Kier alpha value is -2.12. The van der Waals surface area contributed by atoms with Crippen molar-refractivity contribution in [3.63, 3.8) is 0 Å². The molecule has 2 rings (SSSR count). The molecule has 7 nitrogen and oxygen atoms in total. The van der Waals surface area contributed by atoms with Gasteiger partial charge in [0.25, 0.3) is 12.0 Å². The van der Waals surface area contributed by atoms with Gasteiger partial charge in [0.2, 0.25) is 6.34 Å². The van der Waals surface area contributed by atoms with Crippen LogP contribution in [0, 0.1) is 22.7 Å². The van der Waals surface area contributed by atoms with Crippen molar-refractivity contribution in [2.24, 2.45) is 5.16 Å². The van der Waals surface area contributed by atoms with Crippen LogP contribution in [0.15, 0.2) is 5.16 Å². The molecule has 2 aliphatic rings. The maximum Gasteiger partial charge on any atom is 0.264 e. The fourth-order valence-electron chi connectivity index (χ4n) is 2.07. The molecule has 0 N–H and O–H groups in total. The second-order valence-electron chi connectivity index (χ2n) is 4.42. The highest BCUT2D eigenvalue weighted by atomic mass is 16.8. The molecule has 2 aliphatic heterocycles. The minimum absolute atomic E-state index is 0.302. The topological polar surface area (TPSA) is 84.7 Å². The Balaban J connectivity index is 1.89. The fourth-order valence-corrected chi connectivity index (χ4v) is 2.07. The van der Waals surface area contributed by atoms with Gasteiger partial charge >= 0.3 is 0 Å². The van der Waals surface area contributed by atoms with Crippen molar-refractivity contribution >= 4 is 12.1 Å². The molecular weight excluding hydrogens is 246 g/mol. The van der Waals surface area contributed by atoms with Crippen molar-refractivity contribution in [1.29, 1.82) is 10.5 Å². The first-order valence-electron chi connectivity index (χ1n) is 6.30. The summed E-state index contributed by atoms with van der Waals surface area (Å²) in [5.74, 6) is 0. The number of likely N-dealkylation sites (tertiary alicyclic amines) is 1. The van der Waals surface area contributed by atoms with E-state index in [4.69, 9.17) is 20.1 Å². The molecule has 0 radical (unpaired) electrons. The zero-order valence-electron chi connectivity index (χ0n) is 10.7. The van der Waals surface area contributed by atoms with Gasteiger partial charge in [-0.25, -0.2) is 0 Å². The van der Waals surface area contributed by atoms with E-state index in [-0.39, 0.29) is 5.71 Å². The summed E-state index contributed by atoms with van der Waals surface area (Å²) in [6, 6.07) is 3.28. The van der Waals surface area contributed by atoms with Crippen LogP contribution in [0.25, 0.3) is 0 Å². The minimum atomic E-state index is -0.538. The third-order valence-electron chi connectivity index (χ3n) is 3.01. The second kappa shape index (κ2) is 6.72. The Morgan fingerprint density at radius 1 is 1.37 bits per heavy atom. The molecule has 100 valence electrons. The van der Waals surface area contributed by atoms with Crippen LogP contribution in [-0.2, 0) is 9.57 Å². The summed E-state index contributed by atoms with van der Waals surface area (Å²) in [5.41, 5.74) is -0.302. The molecule has 0 aromatic heterocycles. The van der Waals surface area contributed by atoms with Crippen molar-refractivity contribution < 1.29 is 14.1 Å². The first-order chi connectivity index (χ1) is 9.31. The molecule has 7 heteroatoms. The van der Waals surface area contributed by atoms with Gasteiger partial charge in [-0.2, -0.15) is 10.5 Å². The second-order valence-corrected chi connectivity index (χ2v) is 4.42. The SMILES string of the molecule is N#CC(C#N)=NOC1C[N+](=CN2CCCC2)CCO1. The summed E-state index contributed by atoms with van der Waals surface area (Å²) < 4.78 is 7.50. The van der Waals surface area contributed by atoms with Gasteiger partial charge in [-0.05, 0) is 12.8 Å². The van der Waals surface area contributed by atoms with Crippen LogP contribution < -0.4 is 0 Å². The normalized spacial score (nSPS) is 24.6. The van der Waals surface area contributed by atoms with Crippen LogP contribution in [0.2, 0.25) is 0 Å². The first-order valence-corrected chi connectivity index (χ1v) is 6.30. The molecule has 0 aromatic carbocycles. The van der Waals surface area contributed by atoms with Crippen LogP contribution in [0.5, 0.6) is 0 Å². The van der Waals surface area contributed by atoms with E-state index in [0.717, 1.165) is 19.6 Å². The lowest BCUT2D eigenvalue weighted by Crippen LogP contribution is -2.40. The van der Waals surface area contributed by atoms with Crippen LogP contribution in [0.1, 0.15) is 12.8 Å². The van der Waals surface area contributed by atoms with Crippen molar-refractivity contribution in [3.05, 3.63) is 0 Å². The molecule has 0 bridgehead atoms. The van der Waals surface area contributed by atoms with Gasteiger partial charge < -0.3 is 9.57 Å². The van der Waals surface area contributed by atoms with Gasteiger partial charge in [0.05, 0.1) is 19.7 Å². The Kier molecular flexibility index (Phi) is 4.71. The van der Waals surface area contributed by atoms with E-state index < -0.39 is 6.29 Å². The van der Waals surface area contributed by atoms with Crippen molar-refractivity contribution in [2.45, 2.75) is 19.1 Å². The molecule has 0 spiro atoms. The van der Waals surface area contributed by atoms with E-state index in [0.29, 0.717) is 13.2 Å². The van der Waals surface area contributed by atoms with Crippen molar-refractivity contribution in [1.82, 2.24) is 4.90 Å². The lowest BCUT2D eigenvalue weighted by Gasteiger charge is -2.22. The van der Waals surface area contributed by atoms with E-state index >= 15 is 0 Å². The molecular formula is C12H16N5O2+. The summed E-state index contributed by atoms with van der Waals surface area (Å²) in [7, 11) is 0. The maximum atomic E-state index is 8.55. The van der Waals surface area contributed by atoms with Crippen LogP contribution >= 0.6 is 0 Å². The Labute approximate surface area is 111 Å². The van der Waals surface area contributed by atoms with E-state index in [2.05, 4.69) is 21.0 Å². The van der Waals surface area contributed by atoms with Gasteiger partial charge in [-0.3, -0.25) is 9.48 Å². The number of morpholine rings is 1. The van der Waals surface area contributed by atoms with E-state index in [9.17, 15) is 0 Å². The van der Waals surface area contributed by atoms with E-state index in [1.807, 2.05) is 0 Å². The molecule has 2 saturated heterocycles.